The normalized spacial score (nSPS) is 11.5. The molecule has 2 N–H and O–H groups in total. The van der Waals surface area contributed by atoms with Crippen LogP contribution in [0.2, 0.25) is 0 Å². The maximum atomic E-state index is 12.6. The van der Waals surface area contributed by atoms with Crippen LogP contribution in [0.4, 0.5) is 5.69 Å². The Kier molecular flexibility index (Phi) is 7.61. The first-order valence-corrected chi connectivity index (χ1v) is 9.65. The van der Waals surface area contributed by atoms with Gasteiger partial charge in [0.05, 0.1) is 5.25 Å². The van der Waals surface area contributed by atoms with Gasteiger partial charge in [-0.05, 0) is 43.2 Å². The van der Waals surface area contributed by atoms with Crippen molar-refractivity contribution in [2.75, 3.05) is 11.9 Å². The van der Waals surface area contributed by atoms with Crippen molar-refractivity contribution in [2.45, 2.75) is 37.3 Å². The van der Waals surface area contributed by atoms with Crippen LogP contribution in [0.25, 0.3) is 0 Å². The fraction of sp³-hybridized carbons (Fsp3) is 0.286. The molecule has 0 saturated heterocycles. The van der Waals surface area contributed by atoms with Crippen molar-refractivity contribution in [3.05, 3.63) is 59.7 Å². The average Bonchev–Trinajstić information content (AvgIpc) is 2.62. The summed E-state index contributed by atoms with van der Waals surface area (Å²) in [6.45, 7) is 5.44. The Hall–Kier alpha value is -2.60. The predicted octanol–water partition coefficient (Wildman–Crippen LogP) is 3.69. The summed E-state index contributed by atoms with van der Waals surface area (Å²) < 4.78 is 0. The van der Waals surface area contributed by atoms with Gasteiger partial charge in [0.1, 0.15) is 0 Å². The maximum Gasteiger partial charge on any atom is 0.221 e. The first kappa shape index (κ1) is 20.7. The predicted molar refractivity (Wildman–Crippen MR) is 109 cm³/mol. The molecular formula is C21H24N2O3S. The molecule has 5 nitrogen and oxygen atoms in total. The molecule has 1 unspecified atom stereocenters. The molecule has 1 atom stereocenters. The van der Waals surface area contributed by atoms with Gasteiger partial charge in [0.25, 0.3) is 0 Å². The molecule has 0 fully saturated rings. The zero-order chi connectivity index (χ0) is 19.8. The monoisotopic (exact) mass is 384 g/mol. The number of hydrogen-bond acceptors (Lipinski definition) is 4. The van der Waals surface area contributed by atoms with E-state index in [4.69, 9.17) is 0 Å². The lowest BCUT2D eigenvalue weighted by molar-refractivity contribution is -0.119. The molecule has 6 heteroatoms. The molecule has 2 aromatic rings. The van der Waals surface area contributed by atoms with Crippen molar-refractivity contribution in [1.82, 2.24) is 5.32 Å². The molecule has 0 aliphatic carbocycles. The van der Waals surface area contributed by atoms with Crippen molar-refractivity contribution >= 4 is 35.0 Å². The van der Waals surface area contributed by atoms with Gasteiger partial charge in [0, 0.05) is 36.5 Å². The molecule has 0 aliphatic rings. The Labute approximate surface area is 163 Å². The number of benzene rings is 2. The quantitative estimate of drug-likeness (QED) is 0.538. The van der Waals surface area contributed by atoms with Gasteiger partial charge in [-0.15, -0.1) is 11.8 Å². The van der Waals surface area contributed by atoms with E-state index in [0.29, 0.717) is 12.1 Å². The fourth-order valence-electron chi connectivity index (χ4n) is 2.53. The average molecular weight is 385 g/mol. The van der Waals surface area contributed by atoms with Gasteiger partial charge in [-0.2, -0.15) is 0 Å². The Morgan fingerprint density at radius 2 is 1.56 bits per heavy atom. The van der Waals surface area contributed by atoms with Crippen molar-refractivity contribution in [3.63, 3.8) is 0 Å². The lowest BCUT2D eigenvalue weighted by atomic mass is 10.0. The first-order chi connectivity index (χ1) is 12.8. The Balaban J connectivity index is 1.92. The minimum atomic E-state index is -0.221. The highest BCUT2D eigenvalue weighted by atomic mass is 32.2. The third-order valence-electron chi connectivity index (χ3n) is 3.88. The lowest BCUT2D eigenvalue weighted by Crippen LogP contribution is -2.22. The van der Waals surface area contributed by atoms with Crippen LogP contribution in [-0.4, -0.2) is 29.4 Å². The SMILES string of the molecule is CC(=O)NCCc1ccc(C(=O)C(C)Sc2ccc(NC(C)=O)cc2)cc1. The van der Waals surface area contributed by atoms with Crippen LogP contribution in [0.3, 0.4) is 0 Å². The molecule has 0 heterocycles. The Morgan fingerprint density at radius 3 is 2.11 bits per heavy atom. The highest BCUT2D eigenvalue weighted by Crippen LogP contribution is 2.27. The standard InChI is InChI=1S/C21H24N2O3S/c1-14(27-20-10-8-19(9-11-20)23-16(3)25)21(26)18-6-4-17(5-7-18)12-13-22-15(2)24/h4-11,14H,12-13H2,1-3H3,(H,22,24)(H,23,25). The topological polar surface area (TPSA) is 75.3 Å². The van der Waals surface area contributed by atoms with E-state index in [9.17, 15) is 14.4 Å². The summed E-state index contributed by atoms with van der Waals surface area (Å²) in [7, 11) is 0. The Bertz CT molecular complexity index is 801. The van der Waals surface area contributed by atoms with Gasteiger partial charge in [0.15, 0.2) is 5.78 Å². The molecule has 0 bridgehead atoms. The second-order valence-electron chi connectivity index (χ2n) is 6.26. The zero-order valence-electron chi connectivity index (χ0n) is 15.7. The lowest BCUT2D eigenvalue weighted by Gasteiger charge is -2.12. The summed E-state index contributed by atoms with van der Waals surface area (Å²) in [4.78, 5) is 35.6. The minimum Gasteiger partial charge on any atom is -0.356 e. The van der Waals surface area contributed by atoms with Crippen LogP contribution < -0.4 is 10.6 Å². The van der Waals surface area contributed by atoms with E-state index in [2.05, 4.69) is 10.6 Å². The summed E-state index contributed by atoms with van der Waals surface area (Å²) in [5.74, 6) is -0.0865. The molecule has 2 rings (SSSR count). The molecule has 0 spiro atoms. The number of nitrogens with one attached hydrogen (secondary N) is 2. The molecular weight excluding hydrogens is 360 g/mol. The van der Waals surface area contributed by atoms with E-state index in [1.165, 1.54) is 25.6 Å². The highest BCUT2D eigenvalue weighted by molar-refractivity contribution is 8.00. The zero-order valence-corrected chi connectivity index (χ0v) is 16.6. The van der Waals surface area contributed by atoms with Crippen LogP contribution in [0.5, 0.6) is 0 Å². The van der Waals surface area contributed by atoms with E-state index < -0.39 is 0 Å². The third-order valence-corrected chi connectivity index (χ3v) is 4.99. The largest absolute Gasteiger partial charge is 0.356 e. The third kappa shape index (κ3) is 6.90. The van der Waals surface area contributed by atoms with E-state index in [1.807, 2.05) is 55.5 Å². The summed E-state index contributed by atoms with van der Waals surface area (Å²) in [6, 6.07) is 15.0. The second kappa shape index (κ2) is 9.92. The molecule has 142 valence electrons. The molecule has 27 heavy (non-hydrogen) atoms. The van der Waals surface area contributed by atoms with Crippen molar-refractivity contribution < 1.29 is 14.4 Å². The van der Waals surface area contributed by atoms with Crippen molar-refractivity contribution in [3.8, 4) is 0 Å². The number of Topliss-reactive ketones (excluding diaryl/α,β-unsaturated/α-hetero) is 1. The first-order valence-electron chi connectivity index (χ1n) is 8.77. The number of ketones is 1. The smallest absolute Gasteiger partial charge is 0.221 e. The number of carbonyl (C=O) groups excluding carboxylic acids is 3. The number of rotatable bonds is 8. The van der Waals surface area contributed by atoms with E-state index in [1.54, 1.807) is 0 Å². The van der Waals surface area contributed by atoms with Crippen molar-refractivity contribution in [1.29, 1.82) is 0 Å². The van der Waals surface area contributed by atoms with Crippen LogP contribution >= 0.6 is 11.8 Å². The summed E-state index contributed by atoms with van der Waals surface area (Å²) in [5.41, 5.74) is 2.49. The van der Waals surface area contributed by atoms with Gasteiger partial charge in [0.2, 0.25) is 11.8 Å². The summed E-state index contributed by atoms with van der Waals surface area (Å²) in [5, 5.41) is 5.26. The van der Waals surface area contributed by atoms with Gasteiger partial charge < -0.3 is 10.6 Å². The molecule has 2 aromatic carbocycles. The summed E-state index contributed by atoms with van der Waals surface area (Å²) >= 11 is 1.49. The number of anilines is 1. The summed E-state index contributed by atoms with van der Waals surface area (Å²) in [6.07, 6.45) is 0.735. The maximum absolute atomic E-state index is 12.6. The number of hydrogen-bond donors (Lipinski definition) is 2. The molecule has 0 aliphatic heterocycles. The number of thioether (sulfide) groups is 1. The van der Waals surface area contributed by atoms with Gasteiger partial charge in [-0.1, -0.05) is 24.3 Å². The molecule has 0 aromatic heterocycles. The van der Waals surface area contributed by atoms with E-state index in [0.717, 1.165) is 22.6 Å². The number of amides is 2. The van der Waals surface area contributed by atoms with Crippen LogP contribution in [0, 0.1) is 0 Å². The van der Waals surface area contributed by atoms with E-state index in [-0.39, 0.29) is 22.8 Å². The fourth-order valence-corrected chi connectivity index (χ4v) is 3.48. The molecule has 0 radical (unpaired) electrons. The van der Waals surface area contributed by atoms with E-state index >= 15 is 0 Å². The van der Waals surface area contributed by atoms with Crippen LogP contribution in [0.1, 0.15) is 36.7 Å². The minimum absolute atomic E-state index is 0.0437. The van der Waals surface area contributed by atoms with Gasteiger partial charge in [-0.25, -0.2) is 0 Å². The van der Waals surface area contributed by atoms with Crippen molar-refractivity contribution in [2.24, 2.45) is 0 Å². The highest BCUT2D eigenvalue weighted by Gasteiger charge is 2.16. The van der Waals surface area contributed by atoms with Gasteiger partial charge in [-0.3, -0.25) is 14.4 Å². The molecule has 0 saturated carbocycles. The van der Waals surface area contributed by atoms with Gasteiger partial charge >= 0.3 is 0 Å². The van der Waals surface area contributed by atoms with Crippen LogP contribution in [-0.2, 0) is 16.0 Å². The van der Waals surface area contributed by atoms with Crippen LogP contribution in [0.15, 0.2) is 53.4 Å². The number of carbonyl (C=O) groups is 3. The Morgan fingerprint density at radius 1 is 0.926 bits per heavy atom. The molecule has 2 amide bonds. The second-order valence-corrected chi connectivity index (χ2v) is 7.67.